The lowest BCUT2D eigenvalue weighted by Crippen LogP contribution is -2.19. The zero-order valence-corrected chi connectivity index (χ0v) is 21.9. The zero-order chi connectivity index (χ0) is 22.0. The molecule has 0 bridgehead atoms. The summed E-state index contributed by atoms with van der Waals surface area (Å²) in [4.78, 5) is 36.9. The molecule has 1 amide bonds. The molecule has 0 radical (unpaired) electrons. The second kappa shape index (κ2) is 9.91. The van der Waals surface area contributed by atoms with Crippen LogP contribution in [-0.2, 0) is 4.74 Å². The summed E-state index contributed by atoms with van der Waals surface area (Å²) in [7, 11) is 0. The molecule has 0 atom stereocenters. The highest BCUT2D eigenvalue weighted by Crippen LogP contribution is 2.42. The van der Waals surface area contributed by atoms with E-state index in [4.69, 9.17) is 16.3 Å². The lowest BCUT2D eigenvalue weighted by Gasteiger charge is -2.15. The first-order valence-corrected chi connectivity index (χ1v) is 11.4. The van der Waals surface area contributed by atoms with Crippen LogP contribution in [0.4, 0.5) is 5.69 Å². The van der Waals surface area contributed by atoms with Crippen molar-refractivity contribution in [1.82, 2.24) is 0 Å². The van der Waals surface area contributed by atoms with Gasteiger partial charge in [-0.3, -0.25) is 4.79 Å². The molecule has 2 aromatic carbocycles. The number of amides is 1. The van der Waals surface area contributed by atoms with Gasteiger partial charge >= 0.3 is 11.9 Å². The molecule has 6 nitrogen and oxygen atoms in total. The minimum atomic E-state index is -1.30. The molecule has 0 spiro atoms. The minimum Gasteiger partial charge on any atom is -0.478 e. The molecular weight excluding hydrogens is 665 g/mol. The molecule has 2 aromatic rings. The number of ether oxygens (including phenoxy) is 1. The molecule has 2 rings (SSSR count). The fourth-order valence-corrected chi connectivity index (χ4v) is 4.94. The van der Waals surface area contributed by atoms with Crippen molar-refractivity contribution in [2.24, 2.45) is 0 Å². The summed E-state index contributed by atoms with van der Waals surface area (Å²) in [6, 6.07) is 4.29. The fraction of sp³-hybridized carbons (Fsp3) is 0.167. The highest BCUT2D eigenvalue weighted by atomic mass is 79.9. The monoisotopic (exact) mass is 673 g/mol. The summed E-state index contributed by atoms with van der Waals surface area (Å²) in [5, 5.41) is 12.3. The van der Waals surface area contributed by atoms with Crippen LogP contribution in [0.3, 0.4) is 0 Å². The average Bonchev–Trinajstić information content (AvgIpc) is 2.63. The second-order valence-electron chi connectivity index (χ2n) is 5.91. The largest absolute Gasteiger partial charge is 0.478 e. The maximum absolute atomic E-state index is 12.9. The minimum absolute atomic E-state index is 0.0776. The van der Waals surface area contributed by atoms with Crippen LogP contribution in [0.25, 0.3) is 0 Å². The third-order valence-electron chi connectivity index (χ3n) is 3.49. The maximum atomic E-state index is 12.9. The van der Waals surface area contributed by atoms with Gasteiger partial charge in [0.2, 0.25) is 0 Å². The Balaban J connectivity index is 2.49. The van der Waals surface area contributed by atoms with E-state index in [2.05, 4.69) is 69.0 Å². The van der Waals surface area contributed by atoms with Crippen molar-refractivity contribution >= 4 is 98.9 Å². The number of carboxylic acid groups (broad SMARTS) is 1. The summed E-state index contributed by atoms with van der Waals surface area (Å²) in [6.45, 7) is 3.40. The van der Waals surface area contributed by atoms with Crippen LogP contribution < -0.4 is 5.32 Å². The van der Waals surface area contributed by atoms with Gasteiger partial charge in [0, 0.05) is 23.6 Å². The number of anilines is 1. The van der Waals surface area contributed by atoms with Crippen LogP contribution in [0.5, 0.6) is 0 Å². The average molecular weight is 677 g/mol. The Morgan fingerprint density at radius 2 is 1.55 bits per heavy atom. The zero-order valence-electron chi connectivity index (χ0n) is 14.8. The van der Waals surface area contributed by atoms with Crippen molar-refractivity contribution < 1.29 is 24.2 Å². The van der Waals surface area contributed by atoms with Crippen molar-refractivity contribution in [2.45, 2.75) is 20.0 Å². The predicted octanol–water partition coefficient (Wildman–Crippen LogP) is 6.91. The van der Waals surface area contributed by atoms with E-state index in [1.807, 2.05) is 0 Å². The van der Waals surface area contributed by atoms with Crippen molar-refractivity contribution in [1.29, 1.82) is 0 Å². The van der Waals surface area contributed by atoms with Crippen LogP contribution in [0.15, 0.2) is 36.1 Å². The summed E-state index contributed by atoms with van der Waals surface area (Å²) in [5.74, 6) is -2.63. The van der Waals surface area contributed by atoms with Gasteiger partial charge in [-0.15, -0.1) is 0 Å². The molecule has 0 fully saturated rings. The second-order valence-corrected chi connectivity index (χ2v) is 9.49. The standard InChI is InChI=1S/C18H12Br4ClNO5/c1-6(2)29-18(28)8-5-7(3-4-9(8)23)24-16(25)10-11(17(26)27)13(20)15(22)14(21)12(10)19/h3-6H,1-2H3,(H,24,25)(H,26,27). The Kier molecular flexibility index (Phi) is 8.32. The van der Waals surface area contributed by atoms with E-state index in [0.29, 0.717) is 8.95 Å². The van der Waals surface area contributed by atoms with Crippen LogP contribution in [0.1, 0.15) is 44.9 Å². The molecule has 0 aliphatic heterocycles. The molecule has 11 heteroatoms. The smallest absolute Gasteiger partial charge is 0.339 e. The molecule has 0 aromatic heterocycles. The van der Waals surface area contributed by atoms with E-state index in [0.717, 1.165) is 0 Å². The van der Waals surface area contributed by atoms with E-state index in [9.17, 15) is 19.5 Å². The Labute approximate surface area is 204 Å². The lowest BCUT2D eigenvalue weighted by molar-refractivity contribution is 0.0377. The molecular formula is C18H12Br4ClNO5. The van der Waals surface area contributed by atoms with Crippen LogP contribution in [0.2, 0.25) is 5.02 Å². The molecule has 0 aliphatic rings. The summed E-state index contributed by atoms with van der Waals surface area (Å²) in [5.41, 5.74) is -0.0269. The number of rotatable bonds is 5. The predicted molar refractivity (Wildman–Crippen MR) is 124 cm³/mol. The van der Waals surface area contributed by atoms with Gasteiger partial charge in [-0.25, -0.2) is 9.59 Å². The first-order valence-electron chi connectivity index (χ1n) is 7.86. The van der Waals surface area contributed by atoms with E-state index < -0.39 is 17.8 Å². The Morgan fingerprint density at radius 1 is 1.00 bits per heavy atom. The number of halogens is 5. The Morgan fingerprint density at radius 3 is 2.07 bits per heavy atom. The van der Waals surface area contributed by atoms with Gasteiger partial charge in [0.1, 0.15) is 0 Å². The highest BCUT2D eigenvalue weighted by Gasteiger charge is 2.28. The van der Waals surface area contributed by atoms with E-state index >= 15 is 0 Å². The number of nitrogens with one attached hydrogen (secondary N) is 1. The number of carbonyl (C=O) groups excluding carboxylic acids is 2. The van der Waals surface area contributed by atoms with Gasteiger partial charge in [-0.1, -0.05) is 11.6 Å². The molecule has 0 heterocycles. The SMILES string of the molecule is CC(C)OC(=O)c1cc(NC(=O)c2c(Br)c(Br)c(Br)c(Br)c2C(=O)O)ccc1Cl. The number of esters is 1. The molecule has 0 saturated carbocycles. The molecule has 0 unspecified atom stereocenters. The third kappa shape index (κ3) is 5.41. The van der Waals surface area contributed by atoms with Gasteiger partial charge in [-0.05, 0) is 95.8 Å². The first-order chi connectivity index (χ1) is 13.5. The van der Waals surface area contributed by atoms with E-state index in [-0.39, 0.29) is 42.4 Å². The van der Waals surface area contributed by atoms with Gasteiger partial charge in [0.25, 0.3) is 5.91 Å². The topological polar surface area (TPSA) is 92.7 Å². The van der Waals surface area contributed by atoms with Crippen LogP contribution in [0, 0.1) is 0 Å². The quantitative estimate of drug-likeness (QED) is 0.204. The van der Waals surface area contributed by atoms with Crippen LogP contribution in [-0.4, -0.2) is 29.1 Å². The number of hydrogen-bond donors (Lipinski definition) is 2. The molecule has 2 N–H and O–H groups in total. The van der Waals surface area contributed by atoms with E-state index in [1.54, 1.807) is 13.8 Å². The normalized spacial score (nSPS) is 10.8. The third-order valence-corrected chi connectivity index (χ3v) is 8.59. The van der Waals surface area contributed by atoms with Crippen molar-refractivity contribution in [2.75, 3.05) is 5.32 Å². The highest BCUT2D eigenvalue weighted by molar-refractivity contribution is 9.15. The van der Waals surface area contributed by atoms with Gasteiger partial charge in [-0.2, -0.15) is 0 Å². The Hall–Kier alpha value is -0.940. The lowest BCUT2D eigenvalue weighted by atomic mass is 10.1. The van der Waals surface area contributed by atoms with Gasteiger partial charge < -0.3 is 15.2 Å². The summed E-state index contributed by atoms with van der Waals surface area (Å²) in [6.07, 6.45) is -0.344. The number of benzene rings is 2. The summed E-state index contributed by atoms with van der Waals surface area (Å²) < 4.78 is 6.47. The number of aromatic carboxylic acids is 1. The first kappa shape index (κ1) is 24.3. The number of carbonyl (C=O) groups is 3. The van der Waals surface area contributed by atoms with Crippen molar-refractivity contribution in [3.8, 4) is 0 Å². The molecule has 0 saturated heterocycles. The summed E-state index contributed by atoms with van der Waals surface area (Å²) >= 11 is 19.1. The maximum Gasteiger partial charge on any atom is 0.339 e. The van der Waals surface area contributed by atoms with Crippen molar-refractivity contribution in [3.05, 3.63) is 57.8 Å². The molecule has 154 valence electrons. The van der Waals surface area contributed by atoms with Gasteiger partial charge in [0.05, 0.1) is 27.8 Å². The van der Waals surface area contributed by atoms with Crippen molar-refractivity contribution in [3.63, 3.8) is 0 Å². The number of carboxylic acids is 1. The van der Waals surface area contributed by atoms with Crippen LogP contribution >= 0.6 is 75.3 Å². The molecule has 29 heavy (non-hydrogen) atoms. The van der Waals surface area contributed by atoms with Gasteiger partial charge in [0.15, 0.2) is 0 Å². The van der Waals surface area contributed by atoms with E-state index in [1.165, 1.54) is 18.2 Å². The molecule has 0 aliphatic carbocycles. The Bertz CT molecular complexity index is 1030. The number of hydrogen-bond acceptors (Lipinski definition) is 4. The fourth-order valence-electron chi connectivity index (χ4n) is 2.28.